The summed E-state index contributed by atoms with van der Waals surface area (Å²) >= 11 is 0. The Morgan fingerprint density at radius 3 is 2.11 bits per heavy atom. The molecule has 0 aromatic heterocycles. The van der Waals surface area contributed by atoms with Gasteiger partial charge in [-0.05, 0) is 12.3 Å². The van der Waals surface area contributed by atoms with E-state index in [-0.39, 0.29) is 6.42 Å². The quantitative estimate of drug-likeness (QED) is 0.516. The highest BCUT2D eigenvalue weighted by atomic mass is 16.4. The fraction of sp³-hybridized carbons (Fsp3) is 0.857. The molecule has 4 nitrogen and oxygen atoms in total. The van der Waals surface area contributed by atoms with Crippen LogP contribution in [0, 0.1) is 11.8 Å². The highest BCUT2D eigenvalue weighted by Crippen LogP contribution is 2.28. The first-order valence-corrected chi connectivity index (χ1v) is 7.07. The van der Waals surface area contributed by atoms with Crippen LogP contribution < -0.4 is 0 Å². The van der Waals surface area contributed by atoms with E-state index in [4.69, 9.17) is 10.2 Å². The van der Waals surface area contributed by atoms with E-state index in [2.05, 4.69) is 0 Å². The maximum atomic E-state index is 10.7. The summed E-state index contributed by atoms with van der Waals surface area (Å²) in [6, 6.07) is 0. The topological polar surface area (TPSA) is 74.6 Å². The summed E-state index contributed by atoms with van der Waals surface area (Å²) in [7, 11) is 0. The molecule has 0 spiro atoms. The van der Waals surface area contributed by atoms with E-state index in [1.807, 2.05) is 0 Å². The minimum Gasteiger partial charge on any atom is -0.481 e. The van der Waals surface area contributed by atoms with Crippen LogP contribution in [0.5, 0.6) is 0 Å². The predicted octanol–water partition coefficient (Wildman–Crippen LogP) is 3.30. The molecule has 0 bridgehead atoms. The van der Waals surface area contributed by atoms with Gasteiger partial charge in [0.05, 0.1) is 0 Å². The van der Waals surface area contributed by atoms with Crippen LogP contribution in [0.25, 0.3) is 0 Å². The zero-order chi connectivity index (χ0) is 13.4. The summed E-state index contributed by atoms with van der Waals surface area (Å²) < 4.78 is 0. The summed E-state index contributed by atoms with van der Waals surface area (Å²) in [4.78, 5) is 21.3. The van der Waals surface area contributed by atoms with E-state index in [1.54, 1.807) is 0 Å². The third-order valence-corrected chi connectivity index (χ3v) is 3.93. The van der Waals surface area contributed by atoms with Crippen molar-refractivity contribution in [2.75, 3.05) is 0 Å². The second kappa shape index (κ2) is 8.11. The van der Waals surface area contributed by atoms with Crippen molar-refractivity contribution in [2.45, 2.75) is 64.2 Å². The average molecular weight is 256 g/mol. The molecule has 1 saturated carbocycles. The maximum Gasteiger partial charge on any atom is 0.317 e. The number of aliphatic carboxylic acids is 2. The lowest BCUT2D eigenvalue weighted by Gasteiger charge is -2.21. The summed E-state index contributed by atoms with van der Waals surface area (Å²) in [6.07, 6.45) is 11.0. The molecule has 4 heteroatoms. The number of unbranched alkanes of at least 4 members (excludes halogenated alkanes) is 2. The number of hydrogen-bond acceptors (Lipinski definition) is 2. The molecule has 0 aliphatic heterocycles. The summed E-state index contributed by atoms with van der Waals surface area (Å²) in [5.74, 6) is -2.79. The number of carbonyl (C=O) groups is 2. The molecule has 1 rings (SSSR count). The lowest BCUT2D eigenvalue weighted by molar-refractivity contribution is -0.154. The van der Waals surface area contributed by atoms with Crippen LogP contribution in [0.15, 0.2) is 0 Å². The lowest BCUT2D eigenvalue weighted by atomic mass is 9.85. The van der Waals surface area contributed by atoms with Gasteiger partial charge in [-0.1, -0.05) is 57.8 Å². The van der Waals surface area contributed by atoms with Gasteiger partial charge in [0.2, 0.25) is 0 Å². The monoisotopic (exact) mass is 256 g/mol. The van der Waals surface area contributed by atoms with Gasteiger partial charge in [0.25, 0.3) is 0 Å². The van der Waals surface area contributed by atoms with Crippen LogP contribution in [0.4, 0.5) is 0 Å². The van der Waals surface area contributed by atoms with Crippen molar-refractivity contribution in [3.05, 3.63) is 0 Å². The van der Waals surface area contributed by atoms with Gasteiger partial charge in [0.1, 0.15) is 0 Å². The summed E-state index contributed by atoms with van der Waals surface area (Å²) in [5.41, 5.74) is 0. The zero-order valence-corrected chi connectivity index (χ0v) is 10.9. The van der Waals surface area contributed by atoms with Crippen molar-refractivity contribution < 1.29 is 19.8 Å². The minimum atomic E-state index is -1.22. The first-order chi connectivity index (χ1) is 8.61. The Hall–Kier alpha value is -1.06. The Morgan fingerprint density at radius 1 is 0.944 bits per heavy atom. The van der Waals surface area contributed by atoms with Crippen molar-refractivity contribution in [1.29, 1.82) is 0 Å². The number of carboxylic acids is 2. The number of carboxylic acid groups (broad SMARTS) is 2. The van der Waals surface area contributed by atoms with Crippen LogP contribution in [0.2, 0.25) is 0 Å². The first-order valence-electron chi connectivity index (χ1n) is 7.07. The molecule has 1 aliphatic rings. The van der Waals surface area contributed by atoms with Crippen LogP contribution >= 0.6 is 0 Å². The van der Waals surface area contributed by atoms with Crippen molar-refractivity contribution in [3.63, 3.8) is 0 Å². The van der Waals surface area contributed by atoms with Crippen molar-refractivity contribution in [3.8, 4) is 0 Å². The second-order valence-corrected chi connectivity index (χ2v) is 5.37. The fourth-order valence-electron chi connectivity index (χ4n) is 2.79. The minimum absolute atomic E-state index is 0.259. The Kier molecular flexibility index (Phi) is 6.76. The normalized spacial score (nSPS) is 16.9. The average Bonchev–Trinajstić information content (AvgIpc) is 2.34. The summed E-state index contributed by atoms with van der Waals surface area (Å²) in [5, 5.41) is 17.4. The van der Waals surface area contributed by atoms with E-state index in [1.165, 1.54) is 38.5 Å². The molecule has 2 N–H and O–H groups in total. The van der Waals surface area contributed by atoms with Gasteiger partial charge in [0, 0.05) is 0 Å². The molecule has 0 unspecified atom stereocenters. The Labute approximate surface area is 108 Å². The SMILES string of the molecule is O=C(O)C(CCCCCC1CCCCC1)C(=O)O. The van der Waals surface area contributed by atoms with Gasteiger partial charge in [-0.25, -0.2) is 0 Å². The molecular weight excluding hydrogens is 232 g/mol. The largest absolute Gasteiger partial charge is 0.481 e. The van der Waals surface area contributed by atoms with Gasteiger partial charge in [-0.15, -0.1) is 0 Å². The molecule has 0 aromatic carbocycles. The van der Waals surface area contributed by atoms with Crippen LogP contribution in [-0.2, 0) is 9.59 Å². The van der Waals surface area contributed by atoms with Gasteiger partial charge in [-0.3, -0.25) is 9.59 Å². The maximum absolute atomic E-state index is 10.7. The van der Waals surface area contributed by atoms with Crippen LogP contribution in [0.1, 0.15) is 64.2 Å². The predicted molar refractivity (Wildman–Crippen MR) is 68.4 cm³/mol. The molecular formula is C14H24O4. The van der Waals surface area contributed by atoms with Crippen molar-refractivity contribution >= 4 is 11.9 Å². The lowest BCUT2D eigenvalue weighted by Crippen LogP contribution is -2.23. The molecule has 0 heterocycles. The second-order valence-electron chi connectivity index (χ2n) is 5.37. The van der Waals surface area contributed by atoms with Crippen molar-refractivity contribution in [2.24, 2.45) is 11.8 Å². The molecule has 1 fully saturated rings. The van der Waals surface area contributed by atoms with E-state index in [9.17, 15) is 9.59 Å². The van der Waals surface area contributed by atoms with E-state index in [0.29, 0.717) is 6.42 Å². The third kappa shape index (κ3) is 5.52. The third-order valence-electron chi connectivity index (χ3n) is 3.93. The van der Waals surface area contributed by atoms with E-state index < -0.39 is 17.9 Å². The first kappa shape index (κ1) is 15.0. The van der Waals surface area contributed by atoms with Crippen LogP contribution in [-0.4, -0.2) is 22.2 Å². The van der Waals surface area contributed by atoms with Crippen molar-refractivity contribution in [1.82, 2.24) is 0 Å². The zero-order valence-electron chi connectivity index (χ0n) is 10.9. The van der Waals surface area contributed by atoms with Gasteiger partial charge >= 0.3 is 11.9 Å². The molecule has 0 radical (unpaired) electrons. The molecule has 0 amide bonds. The van der Waals surface area contributed by atoms with Gasteiger partial charge < -0.3 is 10.2 Å². The molecule has 0 aromatic rings. The molecule has 0 atom stereocenters. The highest BCUT2D eigenvalue weighted by Gasteiger charge is 2.24. The van der Waals surface area contributed by atoms with E-state index >= 15 is 0 Å². The highest BCUT2D eigenvalue weighted by molar-refractivity contribution is 5.92. The van der Waals surface area contributed by atoms with Crippen LogP contribution in [0.3, 0.4) is 0 Å². The molecule has 104 valence electrons. The molecule has 0 saturated heterocycles. The molecule has 18 heavy (non-hydrogen) atoms. The Morgan fingerprint density at radius 2 is 1.56 bits per heavy atom. The summed E-state index contributed by atoms with van der Waals surface area (Å²) in [6.45, 7) is 0. The standard InChI is InChI=1S/C14H24O4/c15-13(16)12(14(17)18)10-6-2-5-9-11-7-3-1-4-8-11/h11-12H,1-10H2,(H,15,16)(H,17,18). The van der Waals surface area contributed by atoms with E-state index in [0.717, 1.165) is 18.8 Å². The van der Waals surface area contributed by atoms with Gasteiger partial charge in [-0.2, -0.15) is 0 Å². The van der Waals surface area contributed by atoms with Gasteiger partial charge in [0.15, 0.2) is 5.92 Å². The number of rotatable bonds is 8. The number of hydrogen-bond donors (Lipinski definition) is 2. The smallest absolute Gasteiger partial charge is 0.317 e. The Bertz CT molecular complexity index is 255. The molecule has 1 aliphatic carbocycles. The Balaban J connectivity index is 2.06. The fourth-order valence-corrected chi connectivity index (χ4v) is 2.79.